The van der Waals surface area contributed by atoms with Gasteiger partial charge < -0.3 is 9.64 Å². The van der Waals surface area contributed by atoms with E-state index in [1.807, 2.05) is 43.3 Å². The van der Waals surface area contributed by atoms with Crippen molar-refractivity contribution in [2.75, 3.05) is 24.3 Å². The fraction of sp³-hybridized carbons (Fsp3) is 0.176. The molecule has 22 heavy (non-hydrogen) atoms. The van der Waals surface area contributed by atoms with Crippen LogP contribution < -0.4 is 10.2 Å². The number of anilines is 2. The molecule has 1 amide bonds. The van der Waals surface area contributed by atoms with Crippen molar-refractivity contribution in [3.05, 3.63) is 59.7 Å². The number of hydrogen-bond acceptors (Lipinski definition) is 4. The molecule has 0 spiro atoms. The first-order chi connectivity index (χ1) is 10.6. The van der Waals surface area contributed by atoms with Crippen molar-refractivity contribution in [2.45, 2.75) is 6.61 Å². The summed E-state index contributed by atoms with van der Waals surface area (Å²) in [6.07, 6.45) is 0.256. The molecule has 2 rings (SSSR count). The Kier molecular flexibility index (Phi) is 5.14. The van der Waals surface area contributed by atoms with E-state index < -0.39 is 6.09 Å². The monoisotopic (exact) mass is 298 g/mol. The zero-order valence-electron chi connectivity index (χ0n) is 12.6. The fourth-order valence-corrected chi connectivity index (χ4v) is 1.84. The summed E-state index contributed by atoms with van der Waals surface area (Å²) >= 11 is 0. The van der Waals surface area contributed by atoms with Crippen molar-refractivity contribution in [1.29, 1.82) is 0 Å². The summed E-state index contributed by atoms with van der Waals surface area (Å²) in [6, 6.07) is 14.3. The van der Waals surface area contributed by atoms with E-state index in [0.717, 1.165) is 17.5 Å². The zero-order chi connectivity index (χ0) is 15.9. The smallest absolute Gasteiger partial charge is 0.411 e. The molecule has 0 fully saturated rings. The Balaban J connectivity index is 1.85. The lowest BCUT2D eigenvalue weighted by Gasteiger charge is -2.13. The molecule has 0 aliphatic heterocycles. The molecule has 2 aromatic carbocycles. The highest BCUT2D eigenvalue weighted by Gasteiger charge is 2.04. The quantitative estimate of drug-likeness (QED) is 0.860. The van der Waals surface area contributed by atoms with Crippen molar-refractivity contribution in [2.24, 2.45) is 0 Å². The number of carbonyl (C=O) groups is 2. The number of ether oxygens (including phenoxy) is 1. The highest BCUT2D eigenvalue weighted by Crippen LogP contribution is 2.16. The maximum absolute atomic E-state index is 11.7. The van der Waals surface area contributed by atoms with Gasteiger partial charge in [0, 0.05) is 31.0 Å². The minimum absolute atomic E-state index is 0.154. The molecule has 0 saturated heterocycles. The van der Waals surface area contributed by atoms with Crippen LogP contribution in [0.4, 0.5) is 16.2 Å². The van der Waals surface area contributed by atoms with E-state index in [1.165, 1.54) is 0 Å². The predicted molar refractivity (Wildman–Crippen MR) is 86.4 cm³/mol. The minimum atomic E-state index is -0.517. The van der Waals surface area contributed by atoms with Crippen LogP contribution in [0.5, 0.6) is 0 Å². The number of amides is 1. The van der Waals surface area contributed by atoms with Crippen molar-refractivity contribution in [1.82, 2.24) is 0 Å². The summed E-state index contributed by atoms with van der Waals surface area (Å²) in [5.74, 6) is 0. The Morgan fingerprint density at radius 3 is 2.27 bits per heavy atom. The molecule has 0 aliphatic carbocycles. The van der Waals surface area contributed by atoms with E-state index in [-0.39, 0.29) is 6.61 Å². The van der Waals surface area contributed by atoms with Crippen molar-refractivity contribution in [3.63, 3.8) is 0 Å². The number of nitrogens with zero attached hydrogens (tertiary/aromatic N) is 1. The second-order valence-corrected chi connectivity index (χ2v) is 5.00. The summed E-state index contributed by atoms with van der Waals surface area (Å²) < 4.78 is 5.13. The molecular formula is C17H18N2O3. The number of aldehydes is 1. The Labute approximate surface area is 129 Å². The summed E-state index contributed by atoms with van der Waals surface area (Å²) in [7, 11) is 3.90. The standard InChI is InChI=1S/C17H18N2O3/c1-19(2)16-9-7-15(8-10-16)18-17(21)22-12-14-5-3-13(11-20)4-6-14/h3-11H,12H2,1-2H3,(H,18,21). The van der Waals surface area contributed by atoms with Gasteiger partial charge in [0.05, 0.1) is 0 Å². The van der Waals surface area contributed by atoms with Gasteiger partial charge in [0.15, 0.2) is 0 Å². The number of rotatable bonds is 5. The van der Waals surface area contributed by atoms with E-state index in [4.69, 9.17) is 4.74 Å². The van der Waals surface area contributed by atoms with Gasteiger partial charge in [0.25, 0.3) is 0 Å². The first-order valence-corrected chi connectivity index (χ1v) is 6.84. The molecule has 2 aromatic rings. The van der Waals surface area contributed by atoms with Gasteiger partial charge in [-0.1, -0.05) is 24.3 Å². The van der Waals surface area contributed by atoms with Gasteiger partial charge in [0.2, 0.25) is 0 Å². The summed E-state index contributed by atoms with van der Waals surface area (Å²) in [6.45, 7) is 0.154. The lowest BCUT2D eigenvalue weighted by atomic mass is 10.2. The molecule has 0 aromatic heterocycles. The SMILES string of the molecule is CN(C)c1ccc(NC(=O)OCc2ccc(C=O)cc2)cc1. The van der Waals surface area contributed by atoms with Crippen LogP contribution in [0.3, 0.4) is 0 Å². The highest BCUT2D eigenvalue weighted by molar-refractivity contribution is 5.84. The van der Waals surface area contributed by atoms with Crippen LogP contribution in [0.25, 0.3) is 0 Å². The Hall–Kier alpha value is -2.82. The Morgan fingerprint density at radius 1 is 1.09 bits per heavy atom. The molecule has 1 N–H and O–H groups in total. The molecule has 0 atom stereocenters. The molecule has 5 heteroatoms. The van der Waals surface area contributed by atoms with Crippen LogP contribution in [-0.4, -0.2) is 26.5 Å². The average Bonchev–Trinajstić information content (AvgIpc) is 2.54. The summed E-state index contributed by atoms with van der Waals surface area (Å²) in [4.78, 5) is 24.3. The second kappa shape index (κ2) is 7.26. The van der Waals surface area contributed by atoms with E-state index in [1.54, 1.807) is 24.3 Å². The van der Waals surface area contributed by atoms with Gasteiger partial charge in [-0.05, 0) is 29.8 Å². The molecule has 0 unspecified atom stereocenters. The van der Waals surface area contributed by atoms with E-state index >= 15 is 0 Å². The highest BCUT2D eigenvalue weighted by atomic mass is 16.5. The van der Waals surface area contributed by atoms with Gasteiger partial charge in [-0.25, -0.2) is 4.79 Å². The van der Waals surface area contributed by atoms with Crippen LogP contribution in [0, 0.1) is 0 Å². The molecule has 0 bridgehead atoms. The maximum atomic E-state index is 11.7. The topological polar surface area (TPSA) is 58.6 Å². The summed E-state index contributed by atoms with van der Waals surface area (Å²) in [5.41, 5.74) is 3.14. The largest absolute Gasteiger partial charge is 0.444 e. The third-order valence-corrected chi connectivity index (χ3v) is 3.12. The first kappa shape index (κ1) is 15.6. The van der Waals surface area contributed by atoms with E-state index in [9.17, 15) is 9.59 Å². The van der Waals surface area contributed by atoms with E-state index in [0.29, 0.717) is 11.3 Å². The molecule has 114 valence electrons. The van der Waals surface area contributed by atoms with Crippen LogP contribution in [-0.2, 0) is 11.3 Å². The predicted octanol–water partition coefficient (Wildman–Crippen LogP) is 3.31. The van der Waals surface area contributed by atoms with Crippen molar-refractivity contribution in [3.8, 4) is 0 Å². The molecule has 0 saturated carbocycles. The zero-order valence-corrected chi connectivity index (χ0v) is 12.6. The maximum Gasteiger partial charge on any atom is 0.411 e. The third-order valence-electron chi connectivity index (χ3n) is 3.12. The molecular weight excluding hydrogens is 280 g/mol. The van der Waals surface area contributed by atoms with Gasteiger partial charge in [-0.2, -0.15) is 0 Å². The van der Waals surface area contributed by atoms with Gasteiger partial charge in [-0.3, -0.25) is 10.1 Å². The number of benzene rings is 2. The van der Waals surface area contributed by atoms with Crippen LogP contribution in [0.1, 0.15) is 15.9 Å². The lowest BCUT2D eigenvalue weighted by Crippen LogP contribution is -2.14. The normalized spacial score (nSPS) is 9.91. The molecule has 0 aliphatic rings. The van der Waals surface area contributed by atoms with E-state index in [2.05, 4.69) is 5.32 Å². The van der Waals surface area contributed by atoms with Crippen LogP contribution in [0.2, 0.25) is 0 Å². The minimum Gasteiger partial charge on any atom is -0.444 e. The number of carbonyl (C=O) groups excluding carboxylic acids is 2. The van der Waals surface area contributed by atoms with Crippen LogP contribution in [0.15, 0.2) is 48.5 Å². The van der Waals surface area contributed by atoms with Crippen molar-refractivity contribution >= 4 is 23.8 Å². The molecule has 5 nitrogen and oxygen atoms in total. The molecule has 0 radical (unpaired) electrons. The van der Waals surface area contributed by atoms with Crippen molar-refractivity contribution < 1.29 is 14.3 Å². The van der Waals surface area contributed by atoms with Gasteiger partial charge in [0.1, 0.15) is 12.9 Å². The lowest BCUT2D eigenvalue weighted by molar-refractivity contribution is 0.112. The average molecular weight is 298 g/mol. The molecule has 0 heterocycles. The third kappa shape index (κ3) is 4.34. The first-order valence-electron chi connectivity index (χ1n) is 6.84. The van der Waals surface area contributed by atoms with Gasteiger partial charge >= 0.3 is 6.09 Å². The Morgan fingerprint density at radius 2 is 1.73 bits per heavy atom. The Bertz CT molecular complexity index is 634. The fourth-order valence-electron chi connectivity index (χ4n) is 1.84. The second-order valence-electron chi connectivity index (χ2n) is 5.00. The number of nitrogens with one attached hydrogen (secondary N) is 1. The van der Waals surface area contributed by atoms with Gasteiger partial charge in [-0.15, -0.1) is 0 Å². The number of hydrogen-bond donors (Lipinski definition) is 1. The van der Waals surface area contributed by atoms with Crippen LogP contribution >= 0.6 is 0 Å². The summed E-state index contributed by atoms with van der Waals surface area (Å²) in [5, 5.41) is 2.67.